The molecule has 28 heavy (non-hydrogen) atoms. The van der Waals surface area contributed by atoms with Crippen molar-refractivity contribution >= 4 is 23.2 Å². The zero-order valence-electron chi connectivity index (χ0n) is 16.7. The summed E-state index contributed by atoms with van der Waals surface area (Å²) < 4.78 is 22.3. The Balaban J connectivity index is 0.00000280. The molecule has 6 heteroatoms. The van der Waals surface area contributed by atoms with Crippen molar-refractivity contribution in [2.24, 2.45) is 0 Å². The minimum absolute atomic E-state index is 0. The molecule has 0 aliphatic heterocycles. The van der Waals surface area contributed by atoms with Crippen LogP contribution < -0.4 is 18.9 Å². The van der Waals surface area contributed by atoms with Crippen molar-refractivity contribution in [3.05, 3.63) is 53.9 Å². The highest BCUT2D eigenvalue weighted by Gasteiger charge is 2.15. The summed E-state index contributed by atoms with van der Waals surface area (Å²) in [5.41, 5.74) is 2.19. The molecule has 150 valence electrons. The molecule has 0 aliphatic carbocycles. The quantitative estimate of drug-likeness (QED) is 0.526. The number of benzene rings is 2. The third-order valence-corrected chi connectivity index (χ3v) is 4.33. The van der Waals surface area contributed by atoms with Crippen LogP contribution in [0.25, 0.3) is 10.8 Å². The Morgan fingerprint density at radius 2 is 1.54 bits per heavy atom. The van der Waals surface area contributed by atoms with Crippen molar-refractivity contribution < 1.29 is 18.9 Å². The first-order valence-corrected chi connectivity index (χ1v) is 9.07. The number of fused-ring (bicyclic) bond motifs is 1. The molecule has 0 fully saturated rings. The van der Waals surface area contributed by atoms with E-state index in [4.69, 9.17) is 18.9 Å². The fourth-order valence-electron chi connectivity index (χ4n) is 3.16. The monoisotopic (exact) mass is 403 g/mol. The van der Waals surface area contributed by atoms with Gasteiger partial charge in [-0.15, -0.1) is 12.4 Å². The molecule has 0 radical (unpaired) electrons. The maximum absolute atomic E-state index is 5.69. The van der Waals surface area contributed by atoms with Crippen LogP contribution in [0.2, 0.25) is 0 Å². The van der Waals surface area contributed by atoms with Gasteiger partial charge < -0.3 is 18.9 Å². The minimum atomic E-state index is 0. The second kappa shape index (κ2) is 10.0. The highest BCUT2D eigenvalue weighted by atomic mass is 35.5. The average molecular weight is 404 g/mol. The molecule has 3 aromatic rings. The van der Waals surface area contributed by atoms with Crippen molar-refractivity contribution in [2.45, 2.75) is 20.3 Å². The largest absolute Gasteiger partial charge is 0.494 e. The summed E-state index contributed by atoms with van der Waals surface area (Å²) >= 11 is 0. The van der Waals surface area contributed by atoms with Crippen LogP contribution in [0.5, 0.6) is 23.0 Å². The lowest BCUT2D eigenvalue weighted by atomic mass is 10.00. The summed E-state index contributed by atoms with van der Waals surface area (Å²) in [6.07, 6.45) is 4.47. The van der Waals surface area contributed by atoms with E-state index in [0.717, 1.165) is 27.6 Å². The zero-order valence-corrected chi connectivity index (χ0v) is 17.5. The van der Waals surface area contributed by atoms with Crippen molar-refractivity contribution in [2.75, 3.05) is 27.4 Å². The molecule has 0 bridgehead atoms. The van der Waals surface area contributed by atoms with Crippen LogP contribution in [0.1, 0.15) is 25.0 Å². The van der Waals surface area contributed by atoms with Gasteiger partial charge in [0.2, 0.25) is 5.75 Å². The number of ether oxygens (including phenoxy) is 4. The molecule has 0 atom stereocenters. The van der Waals surface area contributed by atoms with Crippen LogP contribution in [-0.4, -0.2) is 32.4 Å². The standard InChI is InChI=1S/C22H25NO4.ClH/c1-5-26-18-7-8-19-16(13-23-14-17(19)12-18)9-15-10-20(24-3)22(27-6-2)21(11-15)25-4;/h7-8,10-14H,5-6,9H2,1-4H3;1H. The van der Waals surface area contributed by atoms with Crippen molar-refractivity contribution in [1.82, 2.24) is 4.98 Å². The lowest BCUT2D eigenvalue weighted by Crippen LogP contribution is -2.01. The van der Waals surface area contributed by atoms with Crippen LogP contribution in [0, 0.1) is 0 Å². The van der Waals surface area contributed by atoms with Crippen LogP contribution >= 0.6 is 12.4 Å². The number of aromatic nitrogens is 1. The zero-order chi connectivity index (χ0) is 19.2. The van der Waals surface area contributed by atoms with Crippen LogP contribution in [-0.2, 0) is 6.42 Å². The maximum Gasteiger partial charge on any atom is 0.203 e. The molecule has 0 saturated heterocycles. The van der Waals surface area contributed by atoms with Gasteiger partial charge in [-0.3, -0.25) is 4.98 Å². The predicted octanol–water partition coefficient (Wildman–Crippen LogP) is 5.06. The number of nitrogens with zero attached hydrogens (tertiary/aromatic N) is 1. The van der Waals surface area contributed by atoms with Gasteiger partial charge in [0.05, 0.1) is 27.4 Å². The Morgan fingerprint density at radius 1 is 0.857 bits per heavy atom. The topological polar surface area (TPSA) is 49.8 Å². The van der Waals surface area contributed by atoms with Gasteiger partial charge in [-0.05, 0) is 61.0 Å². The van der Waals surface area contributed by atoms with Crippen LogP contribution in [0.3, 0.4) is 0 Å². The summed E-state index contributed by atoms with van der Waals surface area (Å²) in [6, 6.07) is 10.1. The Morgan fingerprint density at radius 3 is 2.14 bits per heavy atom. The Bertz CT molecular complexity index is 905. The molecule has 0 spiro atoms. The third-order valence-electron chi connectivity index (χ3n) is 4.33. The Kier molecular flexibility index (Phi) is 7.76. The molecule has 0 aliphatic rings. The summed E-state index contributed by atoms with van der Waals surface area (Å²) in [7, 11) is 3.27. The van der Waals surface area contributed by atoms with E-state index in [1.165, 1.54) is 0 Å². The van der Waals surface area contributed by atoms with Gasteiger partial charge in [0, 0.05) is 17.8 Å². The number of rotatable bonds is 8. The molecule has 2 aromatic carbocycles. The lowest BCUT2D eigenvalue weighted by molar-refractivity contribution is 0.288. The smallest absolute Gasteiger partial charge is 0.203 e. The minimum Gasteiger partial charge on any atom is -0.494 e. The normalized spacial score (nSPS) is 10.3. The first-order chi connectivity index (χ1) is 13.2. The summed E-state index contributed by atoms with van der Waals surface area (Å²) in [5, 5.41) is 2.21. The van der Waals surface area contributed by atoms with Gasteiger partial charge in [0.15, 0.2) is 11.5 Å². The van der Waals surface area contributed by atoms with Gasteiger partial charge in [-0.25, -0.2) is 0 Å². The number of methoxy groups -OCH3 is 2. The van der Waals surface area contributed by atoms with Crippen molar-refractivity contribution in [3.8, 4) is 23.0 Å². The molecule has 0 saturated carbocycles. The fourth-order valence-corrected chi connectivity index (χ4v) is 3.16. The predicted molar refractivity (Wildman–Crippen MR) is 114 cm³/mol. The van der Waals surface area contributed by atoms with Crippen LogP contribution in [0.4, 0.5) is 0 Å². The van der Waals surface area contributed by atoms with E-state index in [0.29, 0.717) is 36.9 Å². The molecule has 1 aromatic heterocycles. The van der Waals surface area contributed by atoms with E-state index in [1.807, 2.05) is 50.5 Å². The van der Waals surface area contributed by atoms with Gasteiger partial charge in [0.1, 0.15) is 5.75 Å². The van der Waals surface area contributed by atoms with Crippen molar-refractivity contribution in [1.29, 1.82) is 0 Å². The molecule has 3 rings (SSSR count). The SMILES string of the molecule is CCOc1ccc2c(Cc3cc(OC)c(OCC)c(OC)c3)cncc2c1.Cl. The molecular weight excluding hydrogens is 378 g/mol. The van der Waals surface area contributed by atoms with E-state index >= 15 is 0 Å². The number of halogens is 1. The van der Waals surface area contributed by atoms with Gasteiger partial charge >= 0.3 is 0 Å². The number of pyridine rings is 1. The summed E-state index contributed by atoms with van der Waals surface area (Å²) in [5.74, 6) is 2.81. The molecule has 0 N–H and O–H groups in total. The summed E-state index contributed by atoms with van der Waals surface area (Å²) in [6.45, 7) is 5.10. The average Bonchev–Trinajstić information content (AvgIpc) is 2.69. The maximum atomic E-state index is 5.69. The van der Waals surface area contributed by atoms with Gasteiger partial charge in [-0.2, -0.15) is 0 Å². The van der Waals surface area contributed by atoms with E-state index in [-0.39, 0.29) is 12.4 Å². The van der Waals surface area contributed by atoms with E-state index in [9.17, 15) is 0 Å². The van der Waals surface area contributed by atoms with Crippen molar-refractivity contribution in [3.63, 3.8) is 0 Å². The lowest BCUT2D eigenvalue weighted by Gasteiger charge is -2.16. The Hall–Kier alpha value is -2.66. The van der Waals surface area contributed by atoms with Gasteiger partial charge in [-0.1, -0.05) is 6.07 Å². The van der Waals surface area contributed by atoms with E-state index in [1.54, 1.807) is 14.2 Å². The summed E-state index contributed by atoms with van der Waals surface area (Å²) in [4.78, 5) is 4.40. The Labute approximate surface area is 172 Å². The fraction of sp³-hybridized carbons (Fsp3) is 0.318. The van der Waals surface area contributed by atoms with E-state index < -0.39 is 0 Å². The number of hydrogen-bond acceptors (Lipinski definition) is 5. The molecule has 0 unspecified atom stereocenters. The third kappa shape index (κ3) is 4.60. The molecule has 1 heterocycles. The van der Waals surface area contributed by atoms with Gasteiger partial charge in [0.25, 0.3) is 0 Å². The molecule has 5 nitrogen and oxygen atoms in total. The molecular formula is C22H26ClNO4. The van der Waals surface area contributed by atoms with E-state index in [2.05, 4.69) is 11.1 Å². The second-order valence-corrected chi connectivity index (χ2v) is 6.05. The second-order valence-electron chi connectivity index (χ2n) is 6.05. The van der Waals surface area contributed by atoms with Crippen LogP contribution in [0.15, 0.2) is 42.7 Å². The molecule has 0 amide bonds. The number of hydrogen-bond donors (Lipinski definition) is 0. The first kappa shape index (κ1) is 21.6. The first-order valence-electron chi connectivity index (χ1n) is 9.07. The highest BCUT2D eigenvalue weighted by Crippen LogP contribution is 2.39. The highest BCUT2D eigenvalue weighted by molar-refractivity contribution is 5.86.